The molecule has 1 aromatic heterocycles. The maximum Gasteiger partial charge on any atom is 0.161 e. The molecule has 0 unspecified atom stereocenters. The lowest BCUT2D eigenvalue weighted by molar-refractivity contribution is 0.286. The Labute approximate surface area is 120 Å². The van der Waals surface area contributed by atoms with Gasteiger partial charge in [0.2, 0.25) is 0 Å². The van der Waals surface area contributed by atoms with E-state index in [1.807, 2.05) is 23.6 Å². The Morgan fingerprint density at radius 1 is 1.22 bits per heavy atom. The van der Waals surface area contributed by atoms with E-state index in [-0.39, 0.29) is 0 Å². The van der Waals surface area contributed by atoms with Gasteiger partial charge in [-0.2, -0.15) is 0 Å². The molecule has 1 heterocycles. The summed E-state index contributed by atoms with van der Waals surface area (Å²) in [6.07, 6.45) is 0.993. The molecule has 2 rings (SSSR count). The predicted octanol–water partition coefficient (Wildman–Crippen LogP) is 4.66. The highest BCUT2D eigenvalue weighted by atomic mass is 79.9. The molecule has 0 aliphatic heterocycles. The molecule has 96 valence electrons. The molecule has 0 spiro atoms. The monoisotopic (exact) mass is 326 g/mol. The van der Waals surface area contributed by atoms with Crippen LogP contribution in [-0.4, -0.2) is 7.11 Å². The number of methoxy groups -OCH3 is 1. The van der Waals surface area contributed by atoms with E-state index in [0.717, 1.165) is 22.4 Å². The van der Waals surface area contributed by atoms with Gasteiger partial charge in [-0.3, -0.25) is 0 Å². The normalized spacial score (nSPS) is 10.4. The van der Waals surface area contributed by atoms with E-state index in [2.05, 4.69) is 28.9 Å². The molecule has 0 amide bonds. The SMILES string of the molecule is CCc1ccc(OCc2sccc2Br)c(OC)c1. The summed E-state index contributed by atoms with van der Waals surface area (Å²) in [4.78, 5) is 1.18. The molecule has 4 heteroatoms. The standard InChI is InChI=1S/C14H15BrO2S/c1-3-10-4-5-12(13(8-10)16-2)17-9-14-11(15)6-7-18-14/h4-8H,3,9H2,1-2H3. The number of benzene rings is 1. The lowest BCUT2D eigenvalue weighted by atomic mass is 10.1. The number of ether oxygens (including phenoxy) is 2. The van der Waals surface area contributed by atoms with Gasteiger partial charge in [-0.15, -0.1) is 11.3 Å². The summed E-state index contributed by atoms with van der Waals surface area (Å²) in [6, 6.07) is 8.10. The molecule has 0 aliphatic carbocycles. The van der Waals surface area contributed by atoms with Crippen molar-refractivity contribution in [1.29, 1.82) is 0 Å². The second kappa shape index (κ2) is 6.25. The van der Waals surface area contributed by atoms with Gasteiger partial charge in [-0.25, -0.2) is 0 Å². The highest BCUT2D eigenvalue weighted by Crippen LogP contribution is 2.30. The van der Waals surface area contributed by atoms with Crippen molar-refractivity contribution >= 4 is 27.3 Å². The largest absolute Gasteiger partial charge is 0.493 e. The van der Waals surface area contributed by atoms with E-state index in [0.29, 0.717) is 6.61 Å². The van der Waals surface area contributed by atoms with Crippen molar-refractivity contribution in [1.82, 2.24) is 0 Å². The van der Waals surface area contributed by atoms with E-state index >= 15 is 0 Å². The third kappa shape index (κ3) is 3.06. The fraction of sp³-hybridized carbons (Fsp3) is 0.286. The van der Waals surface area contributed by atoms with E-state index in [1.165, 1.54) is 10.4 Å². The zero-order valence-electron chi connectivity index (χ0n) is 10.4. The van der Waals surface area contributed by atoms with Crippen molar-refractivity contribution < 1.29 is 9.47 Å². The molecule has 2 nitrogen and oxygen atoms in total. The van der Waals surface area contributed by atoms with Gasteiger partial charge in [0.25, 0.3) is 0 Å². The first-order valence-electron chi connectivity index (χ1n) is 5.76. The molecule has 2 aromatic rings. The van der Waals surface area contributed by atoms with Crippen molar-refractivity contribution in [3.63, 3.8) is 0 Å². The van der Waals surface area contributed by atoms with Crippen molar-refractivity contribution in [2.45, 2.75) is 20.0 Å². The third-order valence-corrected chi connectivity index (χ3v) is 4.59. The second-order valence-electron chi connectivity index (χ2n) is 3.82. The first-order chi connectivity index (χ1) is 8.74. The number of thiophene rings is 1. The summed E-state index contributed by atoms with van der Waals surface area (Å²) in [5.74, 6) is 1.58. The van der Waals surface area contributed by atoms with Crippen LogP contribution in [-0.2, 0) is 13.0 Å². The molecule has 0 saturated heterocycles. The smallest absolute Gasteiger partial charge is 0.161 e. The van der Waals surface area contributed by atoms with Crippen LogP contribution in [0, 0.1) is 0 Å². The average molecular weight is 327 g/mol. The third-order valence-electron chi connectivity index (χ3n) is 2.69. The van der Waals surface area contributed by atoms with Crippen LogP contribution in [0.1, 0.15) is 17.4 Å². The van der Waals surface area contributed by atoms with Crippen LogP contribution in [0.3, 0.4) is 0 Å². The van der Waals surface area contributed by atoms with Crippen LogP contribution in [0.15, 0.2) is 34.1 Å². The molecule has 0 bridgehead atoms. The van der Waals surface area contributed by atoms with E-state index < -0.39 is 0 Å². The predicted molar refractivity (Wildman–Crippen MR) is 78.7 cm³/mol. The number of hydrogen-bond donors (Lipinski definition) is 0. The minimum absolute atomic E-state index is 0.556. The van der Waals surface area contributed by atoms with Crippen LogP contribution in [0.25, 0.3) is 0 Å². The van der Waals surface area contributed by atoms with Gasteiger partial charge in [0.05, 0.1) is 12.0 Å². The highest BCUT2D eigenvalue weighted by Gasteiger charge is 2.07. The number of aryl methyl sites for hydroxylation is 1. The molecule has 0 saturated carbocycles. The Bertz CT molecular complexity index is 522. The summed E-state index contributed by atoms with van der Waals surface area (Å²) in [5, 5.41) is 2.04. The van der Waals surface area contributed by atoms with E-state index in [1.54, 1.807) is 18.4 Å². The van der Waals surface area contributed by atoms with E-state index in [4.69, 9.17) is 9.47 Å². The average Bonchev–Trinajstić information content (AvgIpc) is 2.81. The highest BCUT2D eigenvalue weighted by molar-refractivity contribution is 9.10. The molecule has 1 aromatic carbocycles. The van der Waals surface area contributed by atoms with Crippen LogP contribution in [0.4, 0.5) is 0 Å². The Morgan fingerprint density at radius 2 is 2.06 bits per heavy atom. The van der Waals surface area contributed by atoms with Gasteiger partial charge in [0.15, 0.2) is 11.5 Å². The van der Waals surface area contributed by atoms with Crippen LogP contribution < -0.4 is 9.47 Å². The Morgan fingerprint density at radius 3 is 2.67 bits per heavy atom. The summed E-state index contributed by atoms with van der Waals surface area (Å²) in [6.45, 7) is 2.68. The summed E-state index contributed by atoms with van der Waals surface area (Å²) < 4.78 is 12.3. The molecule has 18 heavy (non-hydrogen) atoms. The first-order valence-corrected chi connectivity index (χ1v) is 7.43. The van der Waals surface area contributed by atoms with Gasteiger partial charge in [-0.05, 0) is 51.5 Å². The fourth-order valence-electron chi connectivity index (χ4n) is 1.62. The zero-order valence-corrected chi connectivity index (χ0v) is 12.8. The molecular weight excluding hydrogens is 312 g/mol. The quantitative estimate of drug-likeness (QED) is 0.795. The maximum absolute atomic E-state index is 5.81. The molecule has 0 fully saturated rings. The Balaban J connectivity index is 2.11. The molecule has 0 aliphatic rings. The molecule has 0 N–H and O–H groups in total. The van der Waals surface area contributed by atoms with Crippen LogP contribution in [0.2, 0.25) is 0 Å². The molecule has 0 atom stereocenters. The minimum atomic E-state index is 0.556. The fourth-order valence-corrected chi connectivity index (χ4v) is 3.00. The molecule has 0 radical (unpaired) electrons. The first kappa shape index (κ1) is 13.4. The zero-order chi connectivity index (χ0) is 13.0. The van der Waals surface area contributed by atoms with Crippen LogP contribution in [0.5, 0.6) is 11.5 Å². The topological polar surface area (TPSA) is 18.5 Å². The van der Waals surface area contributed by atoms with E-state index in [9.17, 15) is 0 Å². The van der Waals surface area contributed by atoms with Gasteiger partial charge in [0.1, 0.15) is 6.61 Å². The Hall–Kier alpha value is -1.00. The van der Waals surface area contributed by atoms with Crippen molar-refractivity contribution in [3.05, 3.63) is 44.6 Å². The number of halogens is 1. The maximum atomic E-state index is 5.81. The summed E-state index contributed by atoms with van der Waals surface area (Å²) >= 11 is 5.17. The van der Waals surface area contributed by atoms with Gasteiger partial charge in [0, 0.05) is 4.47 Å². The number of rotatable bonds is 5. The minimum Gasteiger partial charge on any atom is -0.493 e. The summed E-state index contributed by atoms with van der Waals surface area (Å²) in [5.41, 5.74) is 1.25. The Kier molecular flexibility index (Phi) is 4.66. The molecular formula is C14H15BrO2S. The van der Waals surface area contributed by atoms with Crippen molar-refractivity contribution in [2.75, 3.05) is 7.11 Å². The van der Waals surface area contributed by atoms with Crippen molar-refractivity contribution in [2.24, 2.45) is 0 Å². The van der Waals surface area contributed by atoms with Gasteiger partial charge >= 0.3 is 0 Å². The second-order valence-corrected chi connectivity index (χ2v) is 5.67. The lowest BCUT2D eigenvalue weighted by Gasteiger charge is -2.11. The lowest BCUT2D eigenvalue weighted by Crippen LogP contribution is -1.97. The van der Waals surface area contributed by atoms with Gasteiger partial charge < -0.3 is 9.47 Å². The number of hydrogen-bond acceptors (Lipinski definition) is 3. The van der Waals surface area contributed by atoms with Crippen LogP contribution >= 0.6 is 27.3 Å². The van der Waals surface area contributed by atoms with Crippen molar-refractivity contribution in [3.8, 4) is 11.5 Å². The summed E-state index contributed by atoms with van der Waals surface area (Å²) in [7, 11) is 1.67. The van der Waals surface area contributed by atoms with Gasteiger partial charge in [-0.1, -0.05) is 13.0 Å².